The molecule has 18 heavy (non-hydrogen) atoms. The van der Waals surface area contributed by atoms with Gasteiger partial charge in [-0.1, -0.05) is 30.2 Å². The minimum absolute atomic E-state index is 0.0468. The summed E-state index contributed by atoms with van der Waals surface area (Å²) in [5.41, 5.74) is 1.90. The Bertz CT molecular complexity index is 409. The quantitative estimate of drug-likeness (QED) is 0.860. The third kappa shape index (κ3) is 3.08. The lowest BCUT2D eigenvalue weighted by atomic mass is 9.92. The molecule has 0 aliphatic carbocycles. The van der Waals surface area contributed by atoms with Crippen LogP contribution in [-0.4, -0.2) is 12.6 Å². The van der Waals surface area contributed by atoms with Gasteiger partial charge in [0.05, 0.1) is 0 Å². The minimum atomic E-state index is -2.73. The molecule has 1 fully saturated rings. The molecule has 1 saturated heterocycles. The third-order valence-corrected chi connectivity index (χ3v) is 3.69. The van der Waals surface area contributed by atoms with Crippen LogP contribution in [0.1, 0.15) is 42.4 Å². The van der Waals surface area contributed by atoms with E-state index in [9.17, 15) is 8.78 Å². The van der Waals surface area contributed by atoms with Gasteiger partial charge in [0.2, 0.25) is 0 Å². The van der Waals surface area contributed by atoms with E-state index in [1.54, 1.807) is 19.1 Å². The smallest absolute Gasteiger partial charge is 0.275 e. The normalized spacial score (nSPS) is 21.0. The molecule has 0 saturated carbocycles. The summed E-state index contributed by atoms with van der Waals surface area (Å²) in [4.78, 5) is 0. The van der Waals surface area contributed by atoms with Crippen LogP contribution in [0.2, 0.25) is 0 Å². The van der Waals surface area contributed by atoms with Crippen LogP contribution < -0.4 is 5.32 Å². The van der Waals surface area contributed by atoms with Crippen LogP contribution >= 0.6 is 0 Å². The second-order valence-electron chi connectivity index (χ2n) is 5.37. The molecular weight excluding hydrogens is 232 g/mol. The predicted molar refractivity (Wildman–Crippen MR) is 70.1 cm³/mol. The van der Waals surface area contributed by atoms with E-state index in [1.807, 2.05) is 13.0 Å². The fourth-order valence-electron chi connectivity index (χ4n) is 2.74. The molecule has 1 atom stereocenters. The van der Waals surface area contributed by atoms with Gasteiger partial charge < -0.3 is 5.32 Å². The first-order chi connectivity index (χ1) is 8.49. The molecule has 0 bridgehead atoms. The highest BCUT2D eigenvalue weighted by molar-refractivity contribution is 5.33. The van der Waals surface area contributed by atoms with Crippen LogP contribution in [0.15, 0.2) is 18.2 Å². The number of alkyl halides is 2. The molecule has 0 aromatic heterocycles. The molecule has 1 aromatic rings. The summed E-state index contributed by atoms with van der Waals surface area (Å²) in [5.74, 6) is -2.73. The Labute approximate surface area is 108 Å². The second-order valence-corrected chi connectivity index (χ2v) is 5.37. The molecule has 1 aliphatic rings. The van der Waals surface area contributed by atoms with Crippen molar-refractivity contribution >= 4 is 0 Å². The van der Waals surface area contributed by atoms with Gasteiger partial charge in [-0.15, -0.1) is 0 Å². The van der Waals surface area contributed by atoms with E-state index in [-0.39, 0.29) is 18.0 Å². The van der Waals surface area contributed by atoms with Crippen molar-refractivity contribution in [1.29, 1.82) is 0 Å². The summed E-state index contributed by atoms with van der Waals surface area (Å²) >= 11 is 0. The molecule has 1 N–H and O–H groups in total. The van der Waals surface area contributed by atoms with Gasteiger partial charge in [0.1, 0.15) is 0 Å². The largest absolute Gasteiger partial charge is 0.314 e. The van der Waals surface area contributed by atoms with Crippen molar-refractivity contribution in [3.8, 4) is 0 Å². The third-order valence-electron chi connectivity index (χ3n) is 3.69. The van der Waals surface area contributed by atoms with Crippen molar-refractivity contribution in [3.05, 3.63) is 34.9 Å². The van der Waals surface area contributed by atoms with Crippen molar-refractivity contribution in [1.82, 2.24) is 5.32 Å². The number of nitrogens with one attached hydrogen (secondary N) is 1. The summed E-state index contributed by atoms with van der Waals surface area (Å²) in [7, 11) is 0. The summed E-state index contributed by atoms with van der Waals surface area (Å²) in [6.45, 7) is 4.57. The molecule has 1 aliphatic heterocycles. The first-order valence-electron chi connectivity index (χ1n) is 6.68. The Balaban J connectivity index is 2.13. The lowest BCUT2D eigenvalue weighted by molar-refractivity contribution is -0.0258. The average molecular weight is 253 g/mol. The number of rotatable bonds is 3. The maximum absolute atomic E-state index is 14.3. The summed E-state index contributed by atoms with van der Waals surface area (Å²) in [6, 6.07) is 5.13. The van der Waals surface area contributed by atoms with Gasteiger partial charge in [0.15, 0.2) is 0 Å². The molecule has 0 spiro atoms. The van der Waals surface area contributed by atoms with Crippen LogP contribution in [0.3, 0.4) is 0 Å². The SMILES string of the molecule is Cc1ccc(C(F)(F)CC2CCCCN2)c(C)c1. The molecule has 0 radical (unpaired) electrons. The van der Waals surface area contributed by atoms with E-state index in [4.69, 9.17) is 0 Å². The molecule has 2 rings (SSSR count). The van der Waals surface area contributed by atoms with Gasteiger partial charge >= 0.3 is 0 Å². The zero-order valence-electron chi connectivity index (χ0n) is 11.1. The Kier molecular flexibility index (Phi) is 4.00. The maximum atomic E-state index is 14.3. The van der Waals surface area contributed by atoms with E-state index >= 15 is 0 Å². The summed E-state index contributed by atoms with van der Waals surface area (Å²) < 4.78 is 28.6. The topological polar surface area (TPSA) is 12.0 Å². The zero-order chi connectivity index (χ0) is 13.2. The van der Waals surface area contributed by atoms with Crippen molar-refractivity contribution in [2.75, 3.05) is 6.54 Å². The molecule has 0 amide bonds. The number of halogens is 2. The van der Waals surface area contributed by atoms with E-state index in [0.717, 1.165) is 31.4 Å². The Morgan fingerprint density at radius 1 is 1.28 bits per heavy atom. The fraction of sp³-hybridized carbons (Fsp3) is 0.600. The maximum Gasteiger partial charge on any atom is 0.275 e. The van der Waals surface area contributed by atoms with E-state index in [1.165, 1.54) is 0 Å². The second kappa shape index (κ2) is 5.35. The zero-order valence-corrected chi connectivity index (χ0v) is 11.1. The van der Waals surface area contributed by atoms with E-state index in [0.29, 0.717) is 5.56 Å². The molecular formula is C15H21F2N. The number of aryl methyl sites for hydroxylation is 2. The average Bonchev–Trinajstić information content (AvgIpc) is 2.29. The molecule has 1 aromatic carbocycles. The Morgan fingerprint density at radius 2 is 2.06 bits per heavy atom. The molecule has 1 heterocycles. The van der Waals surface area contributed by atoms with Gasteiger partial charge in [-0.25, -0.2) is 8.78 Å². The summed E-state index contributed by atoms with van der Waals surface area (Å²) in [5, 5.41) is 3.20. The van der Waals surface area contributed by atoms with Gasteiger partial charge in [0.25, 0.3) is 5.92 Å². The van der Waals surface area contributed by atoms with Crippen molar-refractivity contribution in [3.63, 3.8) is 0 Å². The van der Waals surface area contributed by atoms with Crippen molar-refractivity contribution < 1.29 is 8.78 Å². The molecule has 100 valence electrons. The Morgan fingerprint density at radius 3 is 2.67 bits per heavy atom. The van der Waals surface area contributed by atoms with Crippen LogP contribution in [0.4, 0.5) is 8.78 Å². The van der Waals surface area contributed by atoms with Crippen LogP contribution in [-0.2, 0) is 5.92 Å². The lowest BCUT2D eigenvalue weighted by Crippen LogP contribution is -2.38. The lowest BCUT2D eigenvalue weighted by Gasteiger charge is -2.28. The van der Waals surface area contributed by atoms with E-state index in [2.05, 4.69) is 5.32 Å². The monoisotopic (exact) mass is 253 g/mol. The molecule has 1 nitrogen and oxygen atoms in total. The van der Waals surface area contributed by atoms with Gasteiger partial charge in [-0.05, 0) is 38.8 Å². The predicted octanol–water partition coefficient (Wildman–Crippen LogP) is 3.93. The molecule has 1 unspecified atom stereocenters. The van der Waals surface area contributed by atoms with Crippen molar-refractivity contribution in [2.45, 2.75) is 51.5 Å². The van der Waals surface area contributed by atoms with Gasteiger partial charge in [-0.3, -0.25) is 0 Å². The first-order valence-corrected chi connectivity index (χ1v) is 6.68. The number of benzene rings is 1. The van der Waals surface area contributed by atoms with Crippen LogP contribution in [0, 0.1) is 13.8 Å². The highest BCUT2D eigenvalue weighted by Crippen LogP contribution is 2.36. The molecule has 3 heteroatoms. The highest BCUT2D eigenvalue weighted by atomic mass is 19.3. The van der Waals surface area contributed by atoms with Crippen LogP contribution in [0.25, 0.3) is 0 Å². The fourth-order valence-corrected chi connectivity index (χ4v) is 2.74. The first kappa shape index (κ1) is 13.5. The number of hydrogen-bond donors (Lipinski definition) is 1. The Hall–Kier alpha value is -0.960. The van der Waals surface area contributed by atoms with Crippen LogP contribution in [0.5, 0.6) is 0 Å². The number of piperidine rings is 1. The minimum Gasteiger partial charge on any atom is -0.314 e. The standard InChI is InChI=1S/C15H21F2N/c1-11-6-7-14(12(2)9-11)15(16,17)10-13-5-3-4-8-18-13/h6-7,9,13,18H,3-5,8,10H2,1-2H3. The highest BCUT2D eigenvalue weighted by Gasteiger charge is 2.36. The van der Waals surface area contributed by atoms with E-state index < -0.39 is 5.92 Å². The number of hydrogen-bond acceptors (Lipinski definition) is 1. The van der Waals surface area contributed by atoms with Gasteiger partial charge in [-0.2, -0.15) is 0 Å². The summed E-state index contributed by atoms with van der Waals surface area (Å²) in [6.07, 6.45) is 2.93. The van der Waals surface area contributed by atoms with Crippen molar-refractivity contribution in [2.24, 2.45) is 0 Å². The van der Waals surface area contributed by atoms with Gasteiger partial charge in [0, 0.05) is 18.0 Å².